The predicted molar refractivity (Wildman–Crippen MR) is 87.2 cm³/mol. The third-order valence-corrected chi connectivity index (χ3v) is 3.35. The summed E-state index contributed by atoms with van der Waals surface area (Å²) in [7, 11) is 0. The molecule has 0 aromatic heterocycles. The molecule has 0 radical (unpaired) electrons. The number of Topliss-reactive ketones (excluding diaryl/α,β-unsaturated/α-hetero) is 1. The van der Waals surface area contributed by atoms with Gasteiger partial charge in [0.2, 0.25) is 5.91 Å². The second-order valence-electron chi connectivity index (χ2n) is 4.58. The summed E-state index contributed by atoms with van der Waals surface area (Å²) >= 11 is 1.32. The van der Waals surface area contributed by atoms with Crippen molar-refractivity contribution in [3.05, 3.63) is 35.9 Å². The molecule has 0 bridgehead atoms. The fourth-order valence-corrected chi connectivity index (χ4v) is 2.14. The SMILES string of the molecule is CC(=O)CC(=O)Nc1ccc(C=CCCSC(C)=O)cc1. The first-order valence-electron chi connectivity index (χ1n) is 6.66. The highest BCUT2D eigenvalue weighted by Crippen LogP contribution is 2.12. The number of benzene rings is 1. The first-order valence-corrected chi connectivity index (χ1v) is 7.65. The van der Waals surface area contributed by atoms with Crippen LogP contribution in [-0.2, 0) is 14.4 Å². The predicted octanol–water partition coefficient (Wildman–Crippen LogP) is 3.29. The van der Waals surface area contributed by atoms with Crippen molar-refractivity contribution in [2.75, 3.05) is 11.1 Å². The Kier molecular flexibility index (Phi) is 7.46. The Morgan fingerprint density at radius 3 is 2.38 bits per heavy atom. The van der Waals surface area contributed by atoms with Crippen LogP contribution in [0, 0.1) is 0 Å². The number of amides is 1. The van der Waals surface area contributed by atoms with Crippen molar-refractivity contribution in [1.29, 1.82) is 0 Å². The Morgan fingerprint density at radius 1 is 1.14 bits per heavy atom. The third kappa shape index (κ3) is 8.09. The number of hydrogen-bond donors (Lipinski definition) is 1. The minimum absolute atomic E-state index is 0.102. The topological polar surface area (TPSA) is 63.2 Å². The highest BCUT2D eigenvalue weighted by Gasteiger charge is 2.04. The van der Waals surface area contributed by atoms with E-state index in [1.807, 2.05) is 24.3 Å². The Hall–Kier alpha value is -1.88. The molecule has 0 heterocycles. The standard InChI is InChI=1S/C16H19NO3S/c1-12(18)11-16(20)17-15-8-6-14(7-9-15)5-3-4-10-21-13(2)19/h3,5-9H,4,10-11H2,1-2H3,(H,17,20). The Morgan fingerprint density at radius 2 is 1.81 bits per heavy atom. The van der Waals surface area contributed by atoms with Crippen LogP contribution in [-0.4, -0.2) is 22.6 Å². The highest BCUT2D eigenvalue weighted by molar-refractivity contribution is 8.13. The van der Waals surface area contributed by atoms with Crippen LogP contribution in [0.25, 0.3) is 6.08 Å². The lowest BCUT2D eigenvalue weighted by atomic mass is 10.2. The van der Waals surface area contributed by atoms with Crippen LogP contribution in [0.1, 0.15) is 32.3 Å². The maximum absolute atomic E-state index is 11.4. The molecular weight excluding hydrogens is 286 g/mol. The molecule has 1 amide bonds. The van der Waals surface area contributed by atoms with Crippen LogP contribution in [0.4, 0.5) is 5.69 Å². The number of ketones is 1. The molecule has 112 valence electrons. The first kappa shape index (κ1) is 17.2. The number of nitrogens with one attached hydrogen (secondary N) is 1. The van der Waals surface area contributed by atoms with Crippen molar-refractivity contribution in [1.82, 2.24) is 0 Å². The summed E-state index contributed by atoms with van der Waals surface area (Å²) in [5.74, 6) is 0.327. The second kappa shape index (κ2) is 9.13. The number of carbonyl (C=O) groups is 3. The summed E-state index contributed by atoms with van der Waals surface area (Å²) in [6.45, 7) is 2.95. The van der Waals surface area contributed by atoms with Crippen molar-refractivity contribution in [3.8, 4) is 0 Å². The van der Waals surface area contributed by atoms with Gasteiger partial charge in [-0.05, 0) is 31.0 Å². The maximum atomic E-state index is 11.4. The number of carbonyl (C=O) groups excluding carboxylic acids is 3. The van der Waals surface area contributed by atoms with Gasteiger partial charge in [0, 0.05) is 18.4 Å². The zero-order chi connectivity index (χ0) is 15.7. The summed E-state index contributed by atoms with van der Waals surface area (Å²) in [6.07, 6.45) is 4.72. The van der Waals surface area contributed by atoms with E-state index in [0.29, 0.717) is 5.69 Å². The van der Waals surface area contributed by atoms with E-state index in [2.05, 4.69) is 5.32 Å². The lowest BCUT2D eigenvalue weighted by Crippen LogP contribution is -2.14. The average molecular weight is 305 g/mol. The highest BCUT2D eigenvalue weighted by atomic mass is 32.2. The van der Waals surface area contributed by atoms with E-state index in [9.17, 15) is 14.4 Å². The minimum atomic E-state index is -0.299. The largest absolute Gasteiger partial charge is 0.326 e. The molecule has 21 heavy (non-hydrogen) atoms. The molecule has 1 rings (SSSR count). The van der Waals surface area contributed by atoms with E-state index < -0.39 is 0 Å². The van der Waals surface area contributed by atoms with Gasteiger partial charge < -0.3 is 5.32 Å². The van der Waals surface area contributed by atoms with E-state index >= 15 is 0 Å². The zero-order valence-electron chi connectivity index (χ0n) is 12.2. The van der Waals surface area contributed by atoms with Crippen molar-refractivity contribution in [2.24, 2.45) is 0 Å². The molecule has 1 aromatic carbocycles. The Labute approximate surface area is 129 Å². The molecule has 1 N–H and O–H groups in total. The first-order chi connectivity index (χ1) is 9.97. The molecule has 0 spiro atoms. The van der Waals surface area contributed by atoms with E-state index in [-0.39, 0.29) is 23.2 Å². The molecule has 1 aromatic rings. The third-order valence-electron chi connectivity index (χ3n) is 2.50. The number of thioether (sulfide) groups is 1. The minimum Gasteiger partial charge on any atom is -0.326 e. The monoisotopic (exact) mass is 305 g/mol. The van der Waals surface area contributed by atoms with Gasteiger partial charge in [0.1, 0.15) is 5.78 Å². The molecular formula is C16H19NO3S. The Bertz CT molecular complexity index is 535. The van der Waals surface area contributed by atoms with Crippen LogP contribution >= 0.6 is 11.8 Å². The van der Waals surface area contributed by atoms with Gasteiger partial charge in [-0.3, -0.25) is 14.4 Å². The van der Waals surface area contributed by atoms with Gasteiger partial charge in [-0.2, -0.15) is 0 Å². The Balaban J connectivity index is 2.43. The van der Waals surface area contributed by atoms with Crippen LogP contribution in [0.3, 0.4) is 0 Å². The quantitative estimate of drug-likeness (QED) is 0.620. The molecule has 0 aliphatic rings. The molecule has 0 aliphatic heterocycles. The van der Waals surface area contributed by atoms with Crippen molar-refractivity contribution >= 4 is 40.3 Å². The molecule has 4 nitrogen and oxygen atoms in total. The van der Waals surface area contributed by atoms with Gasteiger partial charge in [0.05, 0.1) is 6.42 Å². The van der Waals surface area contributed by atoms with E-state index in [1.54, 1.807) is 19.1 Å². The van der Waals surface area contributed by atoms with Gasteiger partial charge in [-0.15, -0.1) is 0 Å². The fraction of sp³-hybridized carbons (Fsp3) is 0.312. The smallest absolute Gasteiger partial charge is 0.231 e. The van der Waals surface area contributed by atoms with Crippen LogP contribution in [0.5, 0.6) is 0 Å². The van der Waals surface area contributed by atoms with Crippen molar-refractivity contribution < 1.29 is 14.4 Å². The lowest BCUT2D eigenvalue weighted by Gasteiger charge is -2.04. The summed E-state index contributed by atoms with van der Waals surface area (Å²) in [4.78, 5) is 33.0. The van der Waals surface area contributed by atoms with Crippen molar-refractivity contribution in [3.63, 3.8) is 0 Å². The maximum Gasteiger partial charge on any atom is 0.231 e. The summed E-state index contributed by atoms with van der Waals surface area (Å²) < 4.78 is 0. The van der Waals surface area contributed by atoms with Gasteiger partial charge in [0.25, 0.3) is 0 Å². The number of anilines is 1. The van der Waals surface area contributed by atoms with Gasteiger partial charge in [0.15, 0.2) is 5.12 Å². The molecule has 0 saturated carbocycles. The van der Waals surface area contributed by atoms with Gasteiger partial charge in [-0.1, -0.05) is 36.0 Å². The molecule has 0 unspecified atom stereocenters. The number of hydrogen-bond acceptors (Lipinski definition) is 4. The molecule has 0 aliphatic carbocycles. The van der Waals surface area contributed by atoms with Crippen LogP contribution < -0.4 is 5.32 Å². The molecule has 0 atom stereocenters. The number of rotatable bonds is 7. The fourth-order valence-electron chi connectivity index (χ4n) is 1.60. The van der Waals surface area contributed by atoms with Crippen LogP contribution in [0.15, 0.2) is 30.3 Å². The summed E-state index contributed by atoms with van der Waals surface area (Å²) in [5.41, 5.74) is 1.69. The van der Waals surface area contributed by atoms with Crippen LogP contribution in [0.2, 0.25) is 0 Å². The molecule has 5 heteroatoms. The van der Waals surface area contributed by atoms with Crippen molar-refractivity contribution in [2.45, 2.75) is 26.7 Å². The van der Waals surface area contributed by atoms with Gasteiger partial charge in [-0.25, -0.2) is 0 Å². The summed E-state index contributed by atoms with van der Waals surface area (Å²) in [5, 5.41) is 2.80. The average Bonchev–Trinajstić information content (AvgIpc) is 2.39. The van der Waals surface area contributed by atoms with E-state index in [0.717, 1.165) is 17.7 Å². The summed E-state index contributed by atoms with van der Waals surface area (Å²) in [6, 6.07) is 7.36. The molecule has 0 fully saturated rings. The number of allylic oxidation sites excluding steroid dienone is 1. The second-order valence-corrected chi connectivity index (χ2v) is 5.85. The lowest BCUT2D eigenvalue weighted by molar-refractivity contribution is -0.124. The molecule has 0 saturated heterocycles. The zero-order valence-corrected chi connectivity index (χ0v) is 13.0. The van der Waals surface area contributed by atoms with E-state index in [4.69, 9.17) is 0 Å². The van der Waals surface area contributed by atoms with Gasteiger partial charge >= 0.3 is 0 Å². The van der Waals surface area contributed by atoms with E-state index in [1.165, 1.54) is 18.7 Å². The normalized spacial score (nSPS) is 10.6.